The molecule has 0 unspecified atom stereocenters. The standard InChI is InChI=1S/C21H42O2/c1-5-6-7-8-9-10-11-12-13-16-19-23-20(22)17-14-15-18-21(2,3)4/h5-19H2,1-4H3. The van der Waals surface area contributed by atoms with E-state index < -0.39 is 0 Å². The van der Waals surface area contributed by atoms with E-state index in [1.807, 2.05) is 0 Å². The number of ether oxygens (including phenoxy) is 1. The molecule has 0 saturated carbocycles. The minimum absolute atomic E-state index is 0.00478. The van der Waals surface area contributed by atoms with Crippen molar-refractivity contribution < 1.29 is 9.53 Å². The first-order valence-corrected chi connectivity index (χ1v) is 10.1. The van der Waals surface area contributed by atoms with Crippen LogP contribution in [0.25, 0.3) is 0 Å². The Morgan fingerprint density at radius 1 is 0.739 bits per heavy atom. The molecule has 0 atom stereocenters. The van der Waals surface area contributed by atoms with Crippen molar-refractivity contribution in [2.75, 3.05) is 6.61 Å². The Morgan fingerprint density at radius 3 is 1.78 bits per heavy atom. The van der Waals surface area contributed by atoms with Crippen molar-refractivity contribution in [3.63, 3.8) is 0 Å². The quantitative estimate of drug-likeness (QED) is 0.238. The molecular formula is C21H42O2. The number of esters is 1. The van der Waals surface area contributed by atoms with Crippen LogP contribution < -0.4 is 0 Å². The van der Waals surface area contributed by atoms with Crippen LogP contribution in [-0.2, 0) is 9.53 Å². The summed E-state index contributed by atoms with van der Waals surface area (Å²) in [5.41, 5.74) is 0.375. The van der Waals surface area contributed by atoms with E-state index in [0.717, 1.165) is 19.3 Å². The topological polar surface area (TPSA) is 26.3 Å². The third-order valence-electron chi connectivity index (χ3n) is 4.32. The maximum Gasteiger partial charge on any atom is 0.305 e. The fourth-order valence-corrected chi connectivity index (χ4v) is 2.77. The van der Waals surface area contributed by atoms with E-state index in [9.17, 15) is 4.79 Å². The van der Waals surface area contributed by atoms with Gasteiger partial charge in [-0.2, -0.15) is 0 Å². The van der Waals surface area contributed by atoms with Gasteiger partial charge in [0.1, 0.15) is 0 Å². The summed E-state index contributed by atoms with van der Waals surface area (Å²) in [5, 5.41) is 0. The van der Waals surface area contributed by atoms with Gasteiger partial charge in [0, 0.05) is 6.42 Å². The molecule has 0 aliphatic heterocycles. The van der Waals surface area contributed by atoms with Gasteiger partial charge >= 0.3 is 5.97 Å². The Hall–Kier alpha value is -0.530. The van der Waals surface area contributed by atoms with Gasteiger partial charge in [-0.05, 0) is 24.7 Å². The second kappa shape index (κ2) is 15.0. The van der Waals surface area contributed by atoms with Crippen LogP contribution in [-0.4, -0.2) is 12.6 Å². The summed E-state index contributed by atoms with van der Waals surface area (Å²) >= 11 is 0. The lowest BCUT2D eigenvalue weighted by molar-refractivity contribution is -0.143. The lowest BCUT2D eigenvalue weighted by atomic mass is 9.89. The number of carbonyl (C=O) groups is 1. The fraction of sp³-hybridized carbons (Fsp3) is 0.952. The normalized spacial score (nSPS) is 11.7. The zero-order valence-corrected chi connectivity index (χ0v) is 16.4. The van der Waals surface area contributed by atoms with Gasteiger partial charge < -0.3 is 4.74 Å². The average molecular weight is 327 g/mol. The monoisotopic (exact) mass is 326 g/mol. The Kier molecular flexibility index (Phi) is 14.7. The Balaban J connectivity index is 3.20. The van der Waals surface area contributed by atoms with Crippen LogP contribution in [0.15, 0.2) is 0 Å². The van der Waals surface area contributed by atoms with Crippen LogP contribution in [0.5, 0.6) is 0 Å². The molecule has 0 N–H and O–H groups in total. The highest BCUT2D eigenvalue weighted by Gasteiger charge is 2.10. The van der Waals surface area contributed by atoms with E-state index in [4.69, 9.17) is 4.74 Å². The predicted octanol–water partition coefficient (Wildman–Crippen LogP) is 7.06. The Labute approximate surface area is 145 Å². The number of rotatable bonds is 15. The molecule has 0 amide bonds. The lowest BCUT2D eigenvalue weighted by Gasteiger charge is -2.17. The summed E-state index contributed by atoms with van der Waals surface area (Å²) in [6, 6.07) is 0. The highest BCUT2D eigenvalue weighted by Crippen LogP contribution is 2.22. The molecule has 0 bridgehead atoms. The molecule has 2 nitrogen and oxygen atoms in total. The molecule has 0 aliphatic carbocycles. The average Bonchev–Trinajstić information content (AvgIpc) is 2.48. The van der Waals surface area contributed by atoms with Gasteiger partial charge in [0.15, 0.2) is 0 Å². The second-order valence-corrected chi connectivity index (χ2v) is 8.17. The minimum Gasteiger partial charge on any atom is -0.466 e. The summed E-state index contributed by atoms with van der Waals surface area (Å²) < 4.78 is 5.31. The van der Waals surface area contributed by atoms with E-state index >= 15 is 0 Å². The molecule has 0 rings (SSSR count). The molecule has 0 heterocycles. The van der Waals surface area contributed by atoms with Gasteiger partial charge in [0.25, 0.3) is 0 Å². The first kappa shape index (κ1) is 22.5. The van der Waals surface area contributed by atoms with Crippen LogP contribution in [0.3, 0.4) is 0 Å². The molecule has 0 spiro atoms. The van der Waals surface area contributed by atoms with Crippen molar-refractivity contribution in [2.45, 2.75) is 118 Å². The molecule has 23 heavy (non-hydrogen) atoms. The molecule has 0 aromatic carbocycles. The summed E-state index contributed by atoms with van der Waals surface area (Å²) in [7, 11) is 0. The van der Waals surface area contributed by atoms with Gasteiger partial charge in [-0.3, -0.25) is 4.79 Å². The molecule has 0 aromatic rings. The summed E-state index contributed by atoms with van der Waals surface area (Å²) in [5.74, 6) is -0.00478. The van der Waals surface area contributed by atoms with Gasteiger partial charge in [0.2, 0.25) is 0 Å². The number of hydrogen-bond donors (Lipinski definition) is 0. The first-order chi connectivity index (χ1) is 11.0. The van der Waals surface area contributed by atoms with Crippen LogP contribution in [0.4, 0.5) is 0 Å². The van der Waals surface area contributed by atoms with E-state index in [2.05, 4.69) is 27.7 Å². The molecule has 0 aliphatic rings. The summed E-state index contributed by atoms with van der Waals surface area (Å²) in [6.45, 7) is 9.62. The Bertz CT molecular complexity index is 266. The van der Waals surface area contributed by atoms with E-state index in [-0.39, 0.29) is 5.97 Å². The zero-order valence-electron chi connectivity index (χ0n) is 16.4. The van der Waals surface area contributed by atoms with Crippen LogP contribution in [0, 0.1) is 5.41 Å². The van der Waals surface area contributed by atoms with Crippen molar-refractivity contribution in [1.82, 2.24) is 0 Å². The van der Waals surface area contributed by atoms with Crippen LogP contribution >= 0.6 is 0 Å². The molecule has 0 aromatic heterocycles. The van der Waals surface area contributed by atoms with Crippen molar-refractivity contribution in [3.05, 3.63) is 0 Å². The van der Waals surface area contributed by atoms with Gasteiger partial charge in [0.05, 0.1) is 6.61 Å². The van der Waals surface area contributed by atoms with Crippen molar-refractivity contribution in [1.29, 1.82) is 0 Å². The molecule has 0 fully saturated rings. The molecule has 2 heteroatoms. The first-order valence-electron chi connectivity index (χ1n) is 10.1. The molecule has 0 radical (unpaired) electrons. The predicted molar refractivity (Wildman–Crippen MR) is 101 cm³/mol. The number of hydrogen-bond acceptors (Lipinski definition) is 2. The second-order valence-electron chi connectivity index (χ2n) is 8.17. The molecule has 138 valence electrons. The number of carbonyl (C=O) groups excluding carboxylic acids is 1. The number of unbranched alkanes of at least 4 members (excludes halogenated alkanes) is 10. The molecule has 0 saturated heterocycles. The van der Waals surface area contributed by atoms with E-state index in [0.29, 0.717) is 18.4 Å². The van der Waals surface area contributed by atoms with Gasteiger partial charge in [-0.1, -0.05) is 91.9 Å². The fourth-order valence-electron chi connectivity index (χ4n) is 2.77. The SMILES string of the molecule is CCCCCCCCCCCCOC(=O)CCCCC(C)(C)C. The highest BCUT2D eigenvalue weighted by atomic mass is 16.5. The van der Waals surface area contributed by atoms with Crippen LogP contribution in [0.2, 0.25) is 0 Å². The zero-order chi connectivity index (χ0) is 17.4. The highest BCUT2D eigenvalue weighted by molar-refractivity contribution is 5.69. The van der Waals surface area contributed by atoms with Crippen molar-refractivity contribution in [3.8, 4) is 0 Å². The maximum atomic E-state index is 11.6. The Morgan fingerprint density at radius 2 is 1.26 bits per heavy atom. The smallest absolute Gasteiger partial charge is 0.305 e. The van der Waals surface area contributed by atoms with E-state index in [1.54, 1.807) is 0 Å². The summed E-state index contributed by atoms with van der Waals surface area (Å²) in [4.78, 5) is 11.6. The minimum atomic E-state index is -0.00478. The van der Waals surface area contributed by atoms with Crippen LogP contribution in [0.1, 0.15) is 118 Å². The summed E-state index contributed by atoms with van der Waals surface area (Å²) in [6.07, 6.45) is 17.0. The van der Waals surface area contributed by atoms with Crippen molar-refractivity contribution >= 4 is 5.97 Å². The van der Waals surface area contributed by atoms with Crippen molar-refractivity contribution in [2.24, 2.45) is 5.41 Å². The lowest BCUT2D eigenvalue weighted by Crippen LogP contribution is -2.07. The third-order valence-corrected chi connectivity index (χ3v) is 4.32. The third kappa shape index (κ3) is 19.4. The van der Waals surface area contributed by atoms with Gasteiger partial charge in [-0.25, -0.2) is 0 Å². The largest absolute Gasteiger partial charge is 0.466 e. The van der Waals surface area contributed by atoms with E-state index in [1.165, 1.54) is 64.2 Å². The molecular weight excluding hydrogens is 284 g/mol. The van der Waals surface area contributed by atoms with Gasteiger partial charge in [-0.15, -0.1) is 0 Å². The maximum absolute atomic E-state index is 11.6.